The highest BCUT2D eigenvalue weighted by Gasteiger charge is 2.22. The second-order valence-corrected chi connectivity index (χ2v) is 19.7. The molecule has 1 aromatic heterocycles. The summed E-state index contributed by atoms with van der Waals surface area (Å²) in [6.07, 6.45) is 28.7. The summed E-state index contributed by atoms with van der Waals surface area (Å²) in [5, 5.41) is 32.3. The van der Waals surface area contributed by atoms with Crippen LogP contribution in [-0.2, 0) is 28.7 Å². The number of aromatic nitrogens is 1. The Kier molecular flexibility index (Phi) is 49.4. The van der Waals surface area contributed by atoms with Crippen molar-refractivity contribution in [3.63, 3.8) is 0 Å². The van der Waals surface area contributed by atoms with Crippen molar-refractivity contribution in [2.75, 3.05) is 66.4 Å². The van der Waals surface area contributed by atoms with Crippen molar-refractivity contribution in [1.29, 1.82) is 0 Å². The van der Waals surface area contributed by atoms with Crippen LogP contribution in [0.15, 0.2) is 127 Å². The van der Waals surface area contributed by atoms with E-state index in [0.29, 0.717) is 34.6 Å². The van der Waals surface area contributed by atoms with E-state index in [9.17, 15) is 19.6 Å². The molecule has 0 spiro atoms. The molecule has 5 aromatic rings. The highest BCUT2D eigenvalue weighted by molar-refractivity contribution is 7.22. The van der Waals surface area contributed by atoms with Crippen molar-refractivity contribution in [3.05, 3.63) is 132 Å². The summed E-state index contributed by atoms with van der Waals surface area (Å²) in [7, 11) is 5.95. The molecule has 0 saturated heterocycles. The van der Waals surface area contributed by atoms with Crippen LogP contribution in [0.3, 0.4) is 0 Å². The van der Waals surface area contributed by atoms with Gasteiger partial charge in [-0.15, -0.1) is 11.5 Å². The number of thiazole rings is 1. The van der Waals surface area contributed by atoms with Gasteiger partial charge in [-0.05, 0) is 161 Å². The molecule has 20 heteroatoms. The molecule has 0 atom stereocenters. The molecule has 7 rings (SSSR count). The maximum absolute atomic E-state index is 10.8. The standard InChI is InChI=1S/C20H30O3.C17H16N4O4S.C15H22O2.C7H12O.C3H4O.CH2O2.CH4O.CH2O/c1-22-14-4-2-3-5-15-23-20-12-10-19(11-13-20)18-8-6-17(16-21)7-9-18;1-24-15-7-6-13(25-20-23)10-12(15)11-18-21(8-9-22)17-19-14-4-2-3-5-16(14)26-17;1-3-4-5-6-7-8-13-17-15-11-9-14(16-2)10-12-15;8-6-7-4-2-1-3-5-7;1-2-3-4;2-1-3;2*1-2/h10-13,16-18H,2-9,14-15H2,1H3;2-7,10-11,22H,8-9H2,1H3;3,9-12H,1,4-8,13H2,2H3;6-7H,1-5H2;2-3H,1H2;1H,(H,2,3);2H,1H3;1H2/b;18-11+;;;;;;. The third-order valence-corrected chi connectivity index (χ3v) is 13.9. The van der Waals surface area contributed by atoms with Crippen molar-refractivity contribution in [3.8, 4) is 28.7 Å². The Morgan fingerprint density at radius 1 is 0.671 bits per heavy atom. The van der Waals surface area contributed by atoms with Gasteiger partial charge in [-0.1, -0.05) is 86.8 Å². The monoisotopic (exact) mass is 1200 g/mol. The number of carboxylic acid groups (broad SMARTS) is 1. The van der Waals surface area contributed by atoms with Crippen molar-refractivity contribution in [1.82, 2.24) is 4.98 Å². The number of aliphatic hydroxyl groups is 2. The Balaban J connectivity index is 0.00000109. The minimum Gasteiger partial charge on any atom is -0.497 e. The van der Waals surface area contributed by atoms with Crippen molar-refractivity contribution >= 4 is 65.0 Å². The van der Waals surface area contributed by atoms with Crippen LogP contribution in [0, 0.1) is 16.7 Å². The number of rotatable bonds is 29. The van der Waals surface area contributed by atoms with E-state index in [-0.39, 0.29) is 31.3 Å². The number of hydrogen-bond acceptors (Lipinski definition) is 19. The molecular weight excluding hydrogens is 1110 g/mol. The molecule has 0 aliphatic heterocycles. The molecule has 1 heterocycles. The second kappa shape index (κ2) is 54.3. The van der Waals surface area contributed by atoms with E-state index in [2.05, 4.69) is 57.7 Å². The Hall–Kier alpha value is -7.65. The van der Waals surface area contributed by atoms with Gasteiger partial charge < -0.3 is 58.2 Å². The molecule has 85 heavy (non-hydrogen) atoms. The van der Waals surface area contributed by atoms with Crippen LogP contribution < -0.4 is 28.8 Å². The number of hydrazone groups is 1. The number of aliphatic hydroxyl groups excluding tert-OH is 2. The van der Waals surface area contributed by atoms with Crippen LogP contribution in [0.25, 0.3) is 10.2 Å². The van der Waals surface area contributed by atoms with Crippen LogP contribution >= 0.6 is 11.3 Å². The van der Waals surface area contributed by atoms with E-state index < -0.39 is 0 Å². The normalized spacial score (nSPS) is 13.7. The van der Waals surface area contributed by atoms with Crippen LogP contribution in [-0.4, -0.2) is 120 Å². The average Bonchev–Trinajstić information content (AvgIpc) is 4.04. The lowest BCUT2D eigenvalue weighted by Gasteiger charge is -2.25. The van der Waals surface area contributed by atoms with Gasteiger partial charge in [-0.3, -0.25) is 9.59 Å². The van der Waals surface area contributed by atoms with Gasteiger partial charge in [0.1, 0.15) is 48.6 Å². The van der Waals surface area contributed by atoms with Gasteiger partial charge in [0.15, 0.2) is 11.1 Å². The van der Waals surface area contributed by atoms with Crippen LogP contribution in [0.5, 0.6) is 28.7 Å². The molecule has 468 valence electrons. The zero-order valence-electron chi connectivity index (χ0n) is 50.3. The molecular formula is C65H92N4O15S. The van der Waals surface area contributed by atoms with E-state index in [1.165, 1.54) is 81.5 Å². The maximum Gasteiger partial charge on any atom is 0.290 e. The number of ether oxygens (including phenoxy) is 5. The number of benzene rings is 4. The SMILES string of the molecule is C=CC=O.C=CCCCCCCOc1ccc(OC)cc1.C=O.CO.COCCCCCCOc1ccc(C2CCC(C=O)CC2)cc1.COc1ccc(ON=O)cc1/C=N/N(CCO)c1nc2ccccc2s1.O=CC1CCCCC1.O=CO. The van der Waals surface area contributed by atoms with E-state index in [1.807, 2.05) is 61.4 Å². The number of unbranched alkanes of at least 4 members (excludes halogenated alkanes) is 7. The molecule has 0 amide bonds. The number of carbonyl (C=O) groups excluding carboxylic acids is 4. The first-order chi connectivity index (χ1) is 41.7. The summed E-state index contributed by atoms with van der Waals surface area (Å²) in [6.45, 7) is 11.2. The molecule has 3 N–H and O–H groups in total. The summed E-state index contributed by atoms with van der Waals surface area (Å²) < 4.78 is 27.9. The third kappa shape index (κ3) is 36.0. The quantitative estimate of drug-likeness (QED) is 0.00764. The number of allylic oxidation sites excluding steroid dienone is 2. The zero-order chi connectivity index (χ0) is 63.0. The average molecular weight is 1200 g/mol. The largest absolute Gasteiger partial charge is 0.497 e. The molecule has 4 aromatic carbocycles. The molecule has 2 fully saturated rings. The first-order valence-corrected chi connectivity index (χ1v) is 29.4. The summed E-state index contributed by atoms with van der Waals surface area (Å²) in [4.78, 5) is 65.8. The number of fused-ring (bicyclic) bond motifs is 1. The predicted molar refractivity (Wildman–Crippen MR) is 339 cm³/mol. The lowest BCUT2D eigenvalue weighted by molar-refractivity contribution is -0.123. The maximum atomic E-state index is 10.8. The lowest BCUT2D eigenvalue weighted by atomic mass is 9.79. The fourth-order valence-corrected chi connectivity index (χ4v) is 9.46. The fourth-order valence-electron chi connectivity index (χ4n) is 8.51. The van der Waals surface area contributed by atoms with Gasteiger partial charge in [0.05, 0.1) is 57.0 Å². The van der Waals surface area contributed by atoms with E-state index in [0.717, 1.165) is 131 Å². The van der Waals surface area contributed by atoms with Gasteiger partial charge in [0.25, 0.3) is 6.47 Å². The molecule has 0 radical (unpaired) electrons. The number of hydrogen-bond donors (Lipinski definition) is 3. The molecule has 2 saturated carbocycles. The van der Waals surface area contributed by atoms with Gasteiger partial charge in [0.2, 0.25) is 5.13 Å². The molecule has 19 nitrogen and oxygen atoms in total. The van der Waals surface area contributed by atoms with E-state index in [4.69, 9.17) is 48.3 Å². The van der Waals surface area contributed by atoms with Crippen LogP contribution in [0.2, 0.25) is 0 Å². The number of carbonyl (C=O) groups is 5. The Bertz CT molecular complexity index is 2460. The topological polar surface area (TPSA) is 259 Å². The minimum absolute atomic E-state index is 0.0807. The van der Waals surface area contributed by atoms with Crippen molar-refractivity contribution in [2.45, 2.75) is 121 Å². The number of nitrogens with zero attached hydrogens (tertiary/aromatic N) is 4. The minimum atomic E-state index is -0.250. The highest BCUT2D eigenvalue weighted by Crippen LogP contribution is 2.36. The van der Waals surface area contributed by atoms with Gasteiger partial charge in [0, 0.05) is 38.2 Å². The number of aldehydes is 3. The Morgan fingerprint density at radius 3 is 1.69 bits per heavy atom. The molecule has 2 aliphatic carbocycles. The summed E-state index contributed by atoms with van der Waals surface area (Å²) >= 11 is 1.48. The number of anilines is 1. The van der Waals surface area contributed by atoms with Crippen LogP contribution in [0.4, 0.5) is 5.13 Å². The summed E-state index contributed by atoms with van der Waals surface area (Å²) in [5.41, 5.74) is 2.86. The van der Waals surface area contributed by atoms with E-state index >= 15 is 0 Å². The lowest BCUT2D eigenvalue weighted by Crippen LogP contribution is -2.20. The predicted octanol–water partition coefficient (Wildman–Crippen LogP) is 13.4. The highest BCUT2D eigenvalue weighted by atomic mass is 32.1. The summed E-state index contributed by atoms with van der Waals surface area (Å²) in [6, 6.07) is 28.8. The zero-order valence-corrected chi connectivity index (χ0v) is 51.1. The third-order valence-electron chi connectivity index (χ3n) is 12.9. The molecule has 2 aliphatic rings. The summed E-state index contributed by atoms with van der Waals surface area (Å²) in [5.74, 6) is 4.88. The smallest absolute Gasteiger partial charge is 0.290 e. The second-order valence-electron chi connectivity index (χ2n) is 18.7. The van der Waals surface area contributed by atoms with Gasteiger partial charge in [-0.2, -0.15) is 5.10 Å². The van der Waals surface area contributed by atoms with Crippen molar-refractivity contribution in [2.24, 2.45) is 22.3 Å². The number of methoxy groups -OCH3 is 3. The van der Waals surface area contributed by atoms with Crippen LogP contribution in [0.1, 0.15) is 133 Å². The van der Waals surface area contributed by atoms with Gasteiger partial charge >= 0.3 is 0 Å². The fraction of sp³-hybridized carbons (Fsp3) is 0.462. The Labute approximate surface area is 507 Å². The first kappa shape index (κ1) is 77.3. The van der Waals surface area contributed by atoms with E-state index in [1.54, 1.807) is 43.6 Å². The molecule has 0 unspecified atom stereocenters. The van der Waals surface area contributed by atoms with Crippen molar-refractivity contribution < 1.29 is 67.8 Å². The Morgan fingerprint density at radius 2 is 1.20 bits per heavy atom. The number of para-hydroxylation sites is 1. The van der Waals surface area contributed by atoms with Gasteiger partial charge in [-0.25, -0.2) is 9.99 Å². The molecule has 0 bridgehead atoms. The first-order valence-electron chi connectivity index (χ1n) is 28.5.